The van der Waals surface area contributed by atoms with Crippen LogP contribution in [0, 0.1) is 0 Å². The number of aromatic nitrogens is 2. The number of carbonyl (C=O) groups is 2. The average molecular weight is 453 g/mol. The Hall–Kier alpha value is -2.91. The molecule has 27 heavy (non-hydrogen) atoms. The number of carboxylic acid groups (broad SMARTS) is 1. The molecule has 0 saturated heterocycles. The number of fused-ring (bicyclic) bond motifs is 1. The highest BCUT2D eigenvalue weighted by Crippen LogP contribution is 2.37. The molecule has 0 fully saturated rings. The van der Waals surface area contributed by atoms with Crippen LogP contribution in [0.3, 0.4) is 0 Å². The quantitative estimate of drug-likeness (QED) is 0.434. The number of carbonyl (C=O) groups excluding carboxylic acids is 1. The molecule has 3 rings (SSSR count). The first-order valence-electron chi connectivity index (χ1n) is 7.45. The molecular weight excluding hydrogens is 442 g/mol. The molecule has 138 valence electrons. The van der Waals surface area contributed by atoms with Crippen molar-refractivity contribution >= 4 is 56.6 Å². The van der Waals surface area contributed by atoms with Crippen LogP contribution < -0.4 is 9.64 Å². The topological polar surface area (TPSA) is 113 Å². The van der Waals surface area contributed by atoms with Gasteiger partial charge in [0.25, 0.3) is 0 Å². The van der Waals surface area contributed by atoms with E-state index < -0.39 is 12.5 Å². The lowest BCUT2D eigenvalue weighted by atomic mass is 10.2. The van der Waals surface area contributed by atoms with Gasteiger partial charge in [-0.2, -0.15) is 0 Å². The zero-order chi connectivity index (χ0) is 19.6. The molecule has 8 nitrogen and oxygen atoms in total. The van der Waals surface area contributed by atoms with Gasteiger partial charge in [0.05, 0.1) is 0 Å². The molecule has 0 spiro atoms. The van der Waals surface area contributed by atoms with Crippen LogP contribution in [-0.4, -0.2) is 39.1 Å². The van der Waals surface area contributed by atoms with Gasteiger partial charge in [-0.3, -0.25) is 14.5 Å². The van der Waals surface area contributed by atoms with Gasteiger partial charge in [-0.15, -0.1) is 0 Å². The zero-order valence-electron chi connectivity index (χ0n) is 13.5. The lowest BCUT2D eigenvalue weighted by Gasteiger charge is -2.17. The number of rotatable bonds is 6. The van der Waals surface area contributed by atoms with Crippen LogP contribution in [0.15, 0.2) is 41.0 Å². The zero-order valence-corrected chi connectivity index (χ0v) is 15.8. The molecule has 2 N–H and O–H groups in total. The van der Waals surface area contributed by atoms with Crippen LogP contribution in [0.4, 0.5) is 5.82 Å². The number of benzene rings is 1. The van der Waals surface area contributed by atoms with Crippen LogP contribution in [0.5, 0.6) is 17.4 Å². The first-order valence-corrected chi connectivity index (χ1v) is 8.62. The van der Waals surface area contributed by atoms with Gasteiger partial charge in [0.15, 0.2) is 11.6 Å². The summed E-state index contributed by atoms with van der Waals surface area (Å²) in [6.45, 7) is -0.646. The van der Waals surface area contributed by atoms with Crippen molar-refractivity contribution in [1.29, 1.82) is 0 Å². The number of aromatic hydroxyl groups is 1. The Bertz CT molecular complexity index is 1030. The largest absolute Gasteiger partial charge is 0.504 e. The van der Waals surface area contributed by atoms with Crippen molar-refractivity contribution in [3.05, 3.63) is 46.0 Å². The number of aliphatic carboxylic acids is 1. The van der Waals surface area contributed by atoms with Crippen LogP contribution in [0.1, 0.15) is 0 Å². The lowest BCUT2D eigenvalue weighted by molar-refractivity contribution is -0.136. The van der Waals surface area contributed by atoms with Crippen LogP contribution in [0.2, 0.25) is 5.02 Å². The van der Waals surface area contributed by atoms with Crippen molar-refractivity contribution in [2.75, 3.05) is 11.4 Å². The SMILES string of the molecule is O=CN(CC(=O)O)c1nc(Br)c2nc(Oc3ccc(Cl)cc3)ccc2c1O. The van der Waals surface area contributed by atoms with Gasteiger partial charge in [0.1, 0.15) is 22.4 Å². The van der Waals surface area contributed by atoms with Gasteiger partial charge < -0.3 is 14.9 Å². The fourth-order valence-corrected chi connectivity index (χ4v) is 2.89. The molecular formula is C17H11BrClN3O5. The molecule has 1 aromatic carbocycles. The summed E-state index contributed by atoms with van der Waals surface area (Å²) in [5, 5.41) is 20.2. The third kappa shape index (κ3) is 4.09. The molecule has 0 saturated carbocycles. The Morgan fingerprint density at radius 2 is 1.93 bits per heavy atom. The Kier molecular flexibility index (Phi) is 5.43. The Morgan fingerprint density at radius 3 is 2.56 bits per heavy atom. The number of anilines is 1. The molecule has 0 bridgehead atoms. The number of amides is 1. The normalized spacial score (nSPS) is 10.6. The van der Waals surface area contributed by atoms with E-state index in [4.69, 9.17) is 21.4 Å². The minimum atomic E-state index is -1.25. The summed E-state index contributed by atoms with van der Waals surface area (Å²) in [5.41, 5.74) is 0.281. The molecule has 2 aromatic heterocycles. The molecule has 2 heterocycles. The second-order valence-corrected chi connectivity index (χ2v) is 6.49. The Morgan fingerprint density at radius 1 is 1.22 bits per heavy atom. The number of nitrogens with zero attached hydrogens (tertiary/aromatic N) is 3. The standard InChI is InChI=1S/C17H11BrClN3O5/c18-16-14-11(15(26)17(21-16)22(8-23)7-13(24)25)5-6-12(20-14)27-10-3-1-9(19)2-4-10/h1-6,8,26H,7H2,(H,24,25). The maximum atomic E-state index is 11.2. The van der Waals surface area contributed by atoms with Crippen molar-refractivity contribution in [3.8, 4) is 17.4 Å². The van der Waals surface area contributed by atoms with Crippen molar-refractivity contribution in [2.45, 2.75) is 0 Å². The fraction of sp³-hybridized carbons (Fsp3) is 0.0588. The average Bonchev–Trinajstić information content (AvgIpc) is 2.64. The van der Waals surface area contributed by atoms with Crippen LogP contribution in [0.25, 0.3) is 10.9 Å². The molecule has 0 aliphatic carbocycles. The molecule has 0 unspecified atom stereocenters. The lowest BCUT2D eigenvalue weighted by Crippen LogP contribution is -2.29. The van der Waals surface area contributed by atoms with Gasteiger partial charge in [0.2, 0.25) is 12.3 Å². The van der Waals surface area contributed by atoms with Crippen LogP contribution in [-0.2, 0) is 9.59 Å². The van der Waals surface area contributed by atoms with Crippen molar-refractivity contribution in [3.63, 3.8) is 0 Å². The number of halogens is 2. The molecule has 0 aliphatic rings. The van der Waals surface area contributed by atoms with E-state index in [-0.39, 0.29) is 39.4 Å². The minimum Gasteiger partial charge on any atom is -0.504 e. The molecule has 0 aliphatic heterocycles. The van der Waals surface area contributed by atoms with E-state index in [9.17, 15) is 14.7 Å². The maximum Gasteiger partial charge on any atom is 0.323 e. The molecule has 1 amide bonds. The second-order valence-electron chi connectivity index (χ2n) is 5.30. The number of pyridine rings is 2. The first kappa shape index (κ1) is 18.9. The van der Waals surface area contributed by atoms with E-state index >= 15 is 0 Å². The summed E-state index contributed by atoms with van der Waals surface area (Å²) in [6, 6.07) is 9.75. The Balaban J connectivity index is 2.01. The summed E-state index contributed by atoms with van der Waals surface area (Å²) in [4.78, 5) is 31.2. The van der Waals surface area contributed by atoms with E-state index in [0.717, 1.165) is 4.90 Å². The highest BCUT2D eigenvalue weighted by molar-refractivity contribution is 9.10. The molecule has 0 radical (unpaired) electrons. The third-order valence-electron chi connectivity index (χ3n) is 3.48. The van der Waals surface area contributed by atoms with Gasteiger partial charge in [-0.05, 0) is 46.3 Å². The van der Waals surface area contributed by atoms with E-state index in [1.165, 1.54) is 12.1 Å². The van der Waals surface area contributed by atoms with E-state index in [1.807, 2.05) is 0 Å². The summed E-state index contributed by atoms with van der Waals surface area (Å²) in [6.07, 6.45) is 0.278. The van der Waals surface area contributed by atoms with Gasteiger partial charge >= 0.3 is 5.97 Å². The van der Waals surface area contributed by atoms with Crippen molar-refractivity contribution in [2.24, 2.45) is 0 Å². The third-order valence-corrected chi connectivity index (χ3v) is 4.28. The van der Waals surface area contributed by atoms with E-state index in [2.05, 4.69) is 25.9 Å². The Labute approximate surface area is 166 Å². The summed E-state index contributed by atoms with van der Waals surface area (Å²) in [7, 11) is 0. The molecule has 10 heteroatoms. The summed E-state index contributed by atoms with van der Waals surface area (Å²) >= 11 is 9.06. The predicted molar refractivity (Wildman–Crippen MR) is 101 cm³/mol. The smallest absolute Gasteiger partial charge is 0.323 e. The van der Waals surface area contributed by atoms with E-state index in [0.29, 0.717) is 10.8 Å². The van der Waals surface area contributed by atoms with Crippen LogP contribution >= 0.6 is 27.5 Å². The monoisotopic (exact) mass is 451 g/mol. The predicted octanol–water partition coefficient (Wildman–Crippen LogP) is 3.59. The van der Waals surface area contributed by atoms with Crippen molar-refractivity contribution < 1.29 is 24.5 Å². The fourth-order valence-electron chi connectivity index (χ4n) is 2.30. The summed E-state index contributed by atoms with van der Waals surface area (Å²) < 4.78 is 5.86. The number of hydrogen-bond donors (Lipinski definition) is 2. The number of carboxylic acids is 1. The number of ether oxygens (including phenoxy) is 1. The van der Waals surface area contributed by atoms with Gasteiger partial charge in [-0.1, -0.05) is 11.6 Å². The van der Waals surface area contributed by atoms with Gasteiger partial charge in [0, 0.05) is 16.5 Å². The molecule has 0 atom stereocenters. The highest BCUT2D eigenvalue weighted by Gasteiger charge is 2.20. The first-order chi connectivity index (χ1) is 12.9. The molecule has 3 aromatic rings. The maximum absolute atomic E-state index is 11.2. The van der Waals surface area contributed by atoms with E-state index in [1.54, 1.807) is 24.3 Å². The van der Waals surface area contributed by atoms with Gasteiger partial charge in [-0.25, -0.2) is 9.97 Å². The minimum absolute atomic E-state index is 0.194. The summed E-state index contributed by atoms with van der Waals surface area (Å²) in [5.74, 6) is -1.04. The second kappa shape index (κ2) is 7.77. The highest BCUT2D eigenvalue weighted by atomic mass is 79.9. The van der Waals surface area contributed by atoms with Crippen molar-refractivity contribution in [1.82, 2.24) is 9.97 Å². The number of hydrogen-bond acceptors (Lipinski definition) is 6.